The van der Waals surface area contributed by atoms with E-state index in [1.54, 1.807) is 33.3 Å². The molecule has 4 aromatic carbocycles. The van der Waals surface area contributed by atoms with Crippen LogP contribution in [0.2, 0.25) is 0 Å². The van der Waals surface area contributed by atoms with E-state index in [1.165, 1.54) is 25.3 Å². The van der Waals surface area contributed by atoms with E-state index < -0.39 is 47.6 Å². The number of aliphatic hydroxyl groups excluding tert-OH is 1. The molecule has 4 aromatic rings. The summed E-state index contributed by atoms with van der Waals surface area (Å²) in [5.41, 5.74) is 1.71. The predicted molar refractivity (Wildman–Crippen MR) is 184 cm³/mol. The van der Waals surface area contributed by atoms with E-state index in [2.05, 4.69) is 0 Å². The zero-order valence-corrected chi connectivity index (χ0v) is 28.3. The lowest BCUT2D eigenvalue weighted by Crippen LogP contribution is -2.50. The fraction of sp³-hybridized carbons (Fsp3) is 0.275. The molecule has 4 atom stereocenters. The molecule has 0 radical (unpaired) electrons. The van der Waals surface area contributed by atoms with Gasteiger partial charge in [0.15, 0.2) is 0 Å². The molecule has 1 saturated heterocycles. The van der Waals surface area contributed by atoms with Gasteiger partial charge in [0.2, 0.25) is 5.91 Å². The zero-order valence-electron chi connectivity index (χ0n) is 28.3. The molecule has 2 aliphatic heterocycles. The molecule has 1 fully saturated rings. The molecule has 2 aliphatic rings. The van der Waals surface area contributed by atoms with Crippen LogP contribution >= 0.6 is 0 Å². The third-order valence-electron chi connectivity index (χ3n) is 9.31. The highest BCUT2D eigenvalue weighted by Gasteiger charge is 2.48. The van der Waals surface area contributed by atoms with Gasteiger partial charge in [-0.2, -0.15) is 0 Å². The van der Waals surface area contributed by atoms with Gasteiger partial charge in [0.1, 0.15) is 29.0 Å². The second-order valence-electron chi connectivity index (χ2n) is 12.2. The fourth-order valence-electron chi connectivity index (χ4n) is 6.58. The van der Waals surface area contributed by atoms with Crippen molar-refractivity contribution in [2.24, 2.45) is 5.92 Å². The van der Waals surface area contributed by atoms with Crippen molar-refractivity contribution in [3.8, 4) is 17.2 Å². The summed E-state index contributed by atoms with van der Waals surface area (Å²) in [6.45, 7) is 1.50. The number of rotatable bonds is 11. The normalized spacial score (nSPS) is 20.7. The Balaban J connectivity index is 1.29. The predicted octanol–water partition coefficient (Wildman–Crippen LogP) is 5.31. The van der Waals surface area contributed by atoms with Crippen molar-refractivity contribution in [1.29, 1.82) is 0 Å². The molecule has 2 heterocycles. The Bertz CT molecular complexity index is 1810. The van der Waals surface area contributed by atoms with E-state index >= 15 is 0 Å². The second kappa shape index (κ2) is 14.7. The number of nitrogens with zero attached hydrogens (tertiary/aromatic N) is 1. The molecule has 0 spiro atoms. The molecule has 258 valence electrons. The van der Waals surface area contributed by atoms with Gasteiger partial charge >= 0.3 is 0 Å². The highest BCUT2D eigenvalue weighted by molar-refractivity contribution is 6.22. The molecule has 0 saturated carbocycles. The average Bonchev–Trinajstić information content (AvgIpc) is 3.53. The minimum absolute atomic E-state index is 0.0539. The Morgan fingerprint density at radius 1 is 0.780 bits per heavy atom. The highest BCUT2D eigenvalue weighted by Crippen LogP contribution is 2.43. The van der Waals surface area contributed by atoms with Crippen LogP contribution in [-0.2, 0) is 24.7 Å². The molecule has 10 heteroatoms. The lowest BCUT2D eigenvalue weighted by atomic mass is 9.80. The van der Waals surface area contributed by atoms with Crippen LogP contribution in [0.3, 0.4) is 0 Å². The summed E-state index contributed by atoms with van der Waals surface area (Å²) >= 11 is 0. The molecule has 4 unspecified atom stereocenters. The summed E-state index contributed by atoms with van der Waals surface area (Å²) < 4.78 is 29.3. The maximum Gasteiger partial charge on any atom is 0.267 e. The van der Waals surface area contributed by atoms with Gasteiger partial charge in [0.25, 0.3) is 11.8 Å². The number of carbonyl (C=O) groups excluding carboxylic acids is 3. The van der Waals surface area contributed by atoms with Gasteiger partial charge in [-0.3, -0.25) is 14.4 Å². The lowest BCUT2D eigenvalue weighted by Gasteiger charge is -2.37. The fourth-order valence-corrected chi connectivity index (χ4v) is 6.58. The molecule has 6 rings (SSSR count). The van der Waals surface area contributed by atoms with Gasteiger partial charge in [-0.05, 0) is 72.1 Å². The number of amides is 3. The summed E-state index contributed by atoms with van der Waals surface area (Å²) in [6.07, 6.45) is -1.02. The minimum atomic E-state index is -1.15. The first kappa shape index (κ1) is 34.6. The third kappa shape index (κ3) is 6.53. The van der Waals surface area contributed by atoms with Gasteiger partial charge in [-0.15, -0.1) is 0 Å². The molecular weight excluding hydrogens is 638 g/mol. The monoisotopic (exact) mass is 677 g/mol. The average molecular weight is 678 g/mol. The minimum Gasteiger partial charge on any atom is -0.497 e. The highest BCUT2D eigenvalue weighted by atomic mass is 16.6. The zero-order chi connectivity index (χ0) is 35.4. The molecule has 1 N–H and O–H groups in total. The molecule has 10 nitrogen and oxygen atoms in total. The van der Waals surface area contributed by atoms with Crippen molar-refractivity contribution in [3.63, 3.8) is 0 Å². The topological polar surface area (TPSA) is 121 Å². The van der Waals surface area contributed by atoms with Crippen molar-refractivity contribution < 1.29 is 43.2 Å². The summed E-state index contributed by atoms with van der Waals surface area (Å²) in [5.74, 6) is -1.24. The van der Waals surface area contributed by atoms with E-state index in [4.69, 9.17) is 23.7 Å². The van der Waals surface area contributed by atoms with Crippen LogP contribution in [0.4, 0.5) is 0 Å². The van der Waals surface area contributed by atoms with E-state index in [0.717, 1.165) is 16.7 Å². The Morgan fingerprint density at radius 2 is 1.28 bits per heavy atom. The number of carbonyl (C=O) groups is 3. The molecular formula is C40H39NO9. The largest absolute Gasteiger partial charge is 0.497 e. The first-order chi connectivity index (χ1) is 24.2. The van der Waals surface area contributed by atoms with Crippen LogP contribution in [0.1, 0.15) is 40.4 Å². The first-order valence-electron chi connectivity index (χ1n) is 16.3. The number of imide groups is 3. The number of hydrogen-bond acceptors (Lipinski definition) is 9. The van der Waals surface area contributed by atoms with Crippen molar-refractivity contribution in [3.05, 3.63) is 137 Å². The van der Waals surface area contributed by atoms with Crippen LogP contribution in [0.15, 0.2) is 115 Å². The summed E-state index contributed by atoms with van der Waals surface area (Å²) in [5, 5.41) is 11.3. The number of benzene rings is 4. The Hall–Kier alpha value is -5.29. The van der Waals surface area contributed by atoms with Crippen LogP contribution < -0.4 is 14.2 Å². The Kier molecular flexibility index (Phi) is 10.1. The number of methoxy groups -OCH3 is 3. The maximum absolute atomic E-state index is 13.8. The van der Waals surface area contributed by atoms with E-state index in [-0.39, 0.29) is 24.2 Å². The van der Waals surface area contributed by atoms with Crippen molar-refractivity contribution in [2.45, 2.75) is 37.3 Å². The van der Waals surface area contributed by atoms with E-state index in [0.29, 0.717) is 22.1 Å². The quantitative estimate of drug-likeness (QED) is 0.166. The van der Waals surface area contributed by atoms with Crippen LogP contribution in [-0.4, -0.2) is 74.0 Å². The molecule has 0 aliphatic carbocycles. The van der Waals surface area contributed by atoms with E-state index in [9.17, 15) is 19.5 Å². The third-order valence-corrected chi connectivity index (χ3v) is 9.31. The van der Waals surface area contributed by atoms with Crippen molar-refractivity contribution >= 4 is 17.7 Å². The van der Waals surface area contributed by atoms with Gasteiger partial charge in [0, 0.05) is 17.6 Å². The standard InChI is InChI=1S/C40H39NO9/c1-25-22-33(39(45)41(37(25)43)38(44)26-10-16-30(46-2)17-11-26)35-23-34(42)36(50-35)24-49-40(27-8-6-5-7-9-27,28-12-18-31(47-3)19-13-28)29-14-20-32(48-4)21-15-29/h5-22,33-36,42H,23-24H2,1-4H3. The first-order valence-corrected chi connectivity index (χ1v) is 16.3. The summed E-state index contributed by atoms with van der Waals surface area (Å²) in [4.78, 5) is 41.0. The molecule has 50 heavy (non-hydrogen) atoms. The van der Waals surface area contributed by atoms with Crippen LogP contribution in [0, 0.1) is 5.92 Å². The van der Waals surface area contributed by atoms with Crippen molar-refractivity contribution in [1.82, 2.24) is 4.90 Å². The number of ether oxygens (including phenoxy) is 5. The Morgan fingerprint density at radius 3 is 1.80 bits per heavy atom. The second-order valence-corrected chi connectivity index (χ2v) is 12.2. The van der Waals surface area contributed by atoms with Gasteiger partial charge < -0.3 is 28.8 Å². The Labute approximate surface area is 290 Å². The van der Waals surface area contributed by atoms with Crippen LogP contribution in [0.5, 0.6) is 17.2 Å². The van der Waals surface area contributed by atoms with Crippen molar-refractivity contribution in [2.75, 3.05) is 27.9 Å². The van der Waals surface area contributed by atoms with Gasteiger partial charge in [0.05, 0.1) is 46.1 Å². The summed E-state index contributed by atoms with van der Waals surface area (Å²) in [6, 6.07) is 31.1. The smallest absolute Gasteiger partial charge is 0.267 e. The molecule has 3 amide bonds. The number of aliphatic hydroxyl groups is 1. The van der Waals surface area contributed by atoms with Gasteiger partial charge in [-0.1, -0.05) is 60.7 Å². The van der Waals surface area contributed by atoms with E-state index in [1.807, 2.05) is 78.9 Å². The maximum atomic E-state index is 13.8. The molecule has 0 aromatic heterocycles. The SMILES string of the molecule is COc1ccc(C(=O)N2C(=O)C(C)=CC(C3CC(O)C(COC(c4ccccc4)(c4ccc(OC)cc4)c4ccc(OC)cc4)O3)C2=O)cc1. The number of hydrogen-bond donors (Lipinski definition) is 1. The van der Waals surface area contributed by atoms with Gasteiger partial charge in [-0.25, -0.2) is 4.90 Å². The van der Waals surface area contributed by atoms with Crippen LogP contribution in [0.25, 0.3) is 0 Å². The molecule has 0 bridgehead atoms. The summed E-state index contributed by atoms with van der Waals surface area (Å²) in [7, 11) is 4.71. The lowest BCUT2D eigenvalue weighted by molar-refractivity contribution is -0.146.